The Balaban J connectivity index is 2.74. The number of hydrogen-bond donors (Lipinski definition) is 2. The van der Waals surface area contributed by atoms with Crippen molar-refractivity contribution in [1.29, 1.82) is 0 Å². The fourth-order valence-electron chi connectivity index (χ4n) is 2.05. The summed E-state index contributed by atoms with van der Waals surface area (Å²) in [7, 11) is 0. The first-order valence-electron chi connectivity index (χ1n) is 6.97. The highest BCUT2D eigenvalue weighted by atomic mass is 16.1. The molecule has 0 spiro atoms. The van der Waals surface area contributed by atoms with Crippen molar-refractivity contribution in [3.8, 4) is 0 Å². The fourth-order valence-corrected chi connectivity index (χ4v) is 2.05. The standard InChI is InChI=1S/C15H25N3O/c1-4-18(5-2)13-8-9-14(12(3)11-13)17-15(19)7-6-10-16/h8-9,11H,4-7,10,16H2,1-3H3,(H,17,19). The summed E-state index contributed by atoms with van der Waals surface area (Å²) in [5.74, 6) is 0.0316. The Labute approximate surface area is 116 Å². The summed E-state index contributed by atoms with van der Waals surface area (Å²) in [6.07, 6.45) is 1.20. The average molecular weight is 263 g/mol. The number of anilines is 2. The van der Waals surface area contributed by atoms with Crippen LogP contribution in [0.5, 0.6) is 0 Å². The lowest BCUT2D eigenvalue weighted by Crippen LogP contribution is -2.22. The van der Waals surface area contributed by atoms with Gasteiger partial charge in [-0.25, -0.2) is 0 Å². The summed E-state index contributed by atoms with van der Waals surface area (Å²) in [6.45, 7) is 8.82. The van der Waals surface area contributed by atoms with Crippen molar-refractivity contribution in [2.24, 2.45) is 5.73 Å². The first-order chi connectivity index (χ1) is 9.12. The number of nitrogens with two attached hydrogens (primary N) is 1. The maximum Gasteiger partial charge on any atom is 0.224 e. The number of nitrogens with one attached hydrogen (secondary N) is 1. The van der Waals surface area contributed by atoms with Crippen molar-refractivity contribution in [2.75, 3.05) is 29.9 Å². The van der Waals surface area contributed by atoms with Crippen molar-refractivity contribution in [3.63, 3.8) is 0 Å². The molecule has 0 heterocycles. The molecule has 0 fully saturated rings. The zero-order valence-corrected chi connectivity index (χ0v) is 12.2. The highest BCUT2D eigenvalue weighted by molar-refractivity contribution is 5.91. The van der Waals surface area contributed by atoms with Crippen LogP contribution in [0.1, 0.15) is 32.3 Å². The van der Waals surface area contributed by atoms with Crippen LogP contribution in [0, 0.1) is 6.92 Å². The van der Waals surface area contributed by atoms with Crippen LogP contribution >= 0.6 is 0 Å². The molecule has 3 N–H and O–H groups in total. The molecule has 1 aromatic rings. The maximum absolute atomic E-state index is 11.7. The second kappa shape index (κ2) is 7.79. The van der Waals surface area contributed by atoms with Crippen molar-refractivity contribution < 1.29 is 4.79 Å². The summed E-state index contributed by atoms with van der Waals surface area (Å²) >= 11 is 0. The third-order valence-corrected chi connectivity index (χ3v) is 3.22. The Morgan fingerprint density at radius 1 is 1.32 bits per heavy atom. The van der Waals surface area contributed by atoms with Gasteiger partial charge in [-0.05, 0) is 57.5 Å². The number of hydrogen-bond acceptors (Lipinski definition) is 3. The third kappa shape index (κ3) is 4.56. The van der Waals surface area contributed by atoms with Crippen LogP contribution in [0.2, 0.25) is 0 Å². The van der Waals surface area contributed by atoms with Crippen LogP contribution in [0.3, 0.4) is 0 Å². The van der Waals surface area contributed by atoms with Crippen molar-refractivity contribution in [1.82, 2.24) is 0 Å². The molecule has 0 saturated heterocycles. The predicted octanol–water partition coefficient (Wildman–Crippen LogP) is 2.52. The number of benzene rings is 1. The maximum atomic E-state index is 11.7. The average Bonchev–Trinajstić information content (AvgIpc) is 2.41. The van der Waals surface area contributed by atoms with Crippen molar-refractivity contribution >= 4 is 17.3 Å². The van der Waals surface area contributed by atoms with E-state index in [1.54, 1.807) is 0 Å². The molecule has 0 saturated carbocycles. The van der Waals surface area contributed by atoms with Gasteiger partial charge in [-0.15, -0.1) is 0 Å². The van der Waals surface area contributed by atoms with Crippen molar-refractivity contribution in [3.05, 3.63) is 23.8 Å². The van der Waals surface area contributed by atoms with Gasteiger partial charge in [0.15, 0.2) is 0 Å². The van der Waals surface area contributed by atoms with Gasteiger partial charge < -0.3 is 16.0 Å². The molecule has 4 heteroatoms. The van der Waals surface area contributed by atoms with E-state index in [0.29, 0.717) is 13.0 Å². The monoisotopic (exact) mass is 263 g/mol. The summed E-state index contributed by atoms with van der Waals surface area (Å²) in [5, 5.41) is 2.93. The zero-order valence-electron chi connectivity index (χ0n) is 12.2. The SMILES string of the molecule is CCN(CC)c1ccc(NC(=O)CCCN)c(C)c1. The Morgan fingerprint density at radius 2 is 2.00 bits per heavy atom. The molecule has 1 amide bonds. The van der Waals surface area contributed by atoms with Gasteiger partial charge in [0.2, 0.25) is 5.91 Å². The number of amides is 1. The molecule has 1 rings (SSSR count). The van der Waals surface area contributed by atoms with Crippen LogP contribution in [-0.4, -0.2) is 25.5 Å². The van der Waals surface area contributed by atoms with Crippen LogP contribution in [0.15, 0.2) is 18.2 Å². The summed E-state index contributed by atoms with van der Waals surface area (Å²) < 4.78 is 0. The minimum atomic E-state index is 0.0316. The van der Waals surface area contributed by atoms with E-state index in [9.17, 15) is 4.79 Å². The highest BCUT2D eigenvalue weighted by Gasteiger charge is 2.07. The molecule has 0 aliphatic heterocycles. The summed E-state index contributed by atoms with van der Waals surface area (Å²) in [5.41, 5.74) is 8.57. The highest BCUT2D eigenvalue weighted by Crippen LogP contribution is 2.22. The Bertz CT molecular complexity index is 414. The minimum absolute atomic E-state index is 0.0316. The number of aryl methyl sites for hydroxylation is 1. The van der Waals surface area contributed by atoms with Crippen molar-refractivity contribution in [2.45, 2.75) is 33.6 Å². The number of carbonyl (C=O) groups is 1. The number of carbonyl (C=O) groups excluding carboxylic acids is 1. The van der Waals surface area contributed by atoms with E-state index in [1.165, 1.54) is 5.69 Å². The van der Waals surface area contributed by atoms with Gasteiger partial charge in [-0.3, -0.25) is 4.79 Å². The molecule has 0 aliphatic rings. The van der Waals surface area contributed by atoms with E-state index in [2.05, 4.69) is 36.2 Å². The first kappa shape index (κ1) is 15.5. The van der Waals surface area contributed by atoms with Gasteiger partial charge in [-0.2, -0.15) is 0 Å². The molecule has 0 bridgehead atoms. The lowest BCUT2D eigenvalue weighted by atomic mass is 10.1. The van der Waals surface area contributed by atoms with Crippen LogP contribution in [0.4, 0.5) is 11.4 Å². The molecule has 0 aliphatic carbocycles. The smallest absolute Gasteiger partial charge is 0.224 e. The van der Waals surface area contributed by atoms with E-state index in [-0.39, 0.29) is 5.91 Å². The van der Waals surface area contributed by atoms with Gasteiger partial charge >= 0.3 is 0 Å². The third-order valence-electron chi connectivity index (χ3n) is 3.22. The van der Waals surface area contributed by atoms with E-state index in [1.807, 2.05) is 13.0 Å². The number of nitrogens with zero attached hydrogens (tertiary/aromatic N) is 1. The molecule has 0 aromatic heterocycles. The number of rotatable bonds is 7. The second-order valence-corrected chi connectivity index (χ2v) is 4.61. The van der Waals surface area contributed by atoms with Crippen LogP contribution in [0.25, 0.3) is 0 Å². The van der Waals surface area contributed by atoms with Gasteiger partial charge in [0.25, 0.3) is 0 Å². The molecule has 1 aromatic carbocycles. The lowest BCUT2D eigenvalue weighted by Gasteiger charge is -2.22. The Kier molecular flexibility index (Phi) is 6.36. The molecule has 0 radical (unpaired) electrons. The molecular weight excluding hydrogens is 238 g/mol. The zero-order chi connectivity index (χ0) is 14.3. The quantitative estimate of drug-likeness (QED) is 0.794. The topological polar surface area (TPSA) is 58.4 Å². The molecule has 106 valence electrons. The predicted molar refractivity (Wildman–Crippen MR) is 81.7 cm³/mol. The minimum Gasteiger partial charge on any atom is -0.372 e. The van der Waals surface area contributed by atoms with Gasteiger partial charge in [0.05, 0.1) is 0 Å². The van der Waals surface area contributed by atoms with Crippen LogP contribution < -0.4 is 16.0 Å². The van der Waals surface area contributed by atoms with Gasteiger partial charge in [0.1, 0.15) is 0 Å². The fraction of sp³-hybridized carbons (Fsp3) is 0.533. The van der Waals surface area contributed by atoms with E-state index < -0.39 is 0 Å². The lowest BCUT2D eigenvalue weighted by molar-refractivity contribution is -0.116. The molecule has 4 nitrogen and oxygen atoms in total. The molecular formula is C15H25N3O. The first-order valence-corrected chi connectivity index (χ1v) is 6.97. The van der Waals surface area contributed by atoms with E-state index in [0.717, 1.165) is 30.8 Å². The molecule has 0 unspecified atom stereocenters. The second-order valence-electron chi connectivity index (χ2n) is 4.61. The normalized spacial score (nSPS) is 10.3. The largest absolute Gasteiger partial charge is 0.372 e. The molecule has 0 atom stereocenters. The molecule has 19 heavy (non-hydrogen) atoms. The van der Waals surface area contributed by atoms with E-state index in [4.69, 9.17) is 5.73 Å². The van der Waals surface area contributed by atoms with Gasteiger partial charge in [-0.1, -0.05) is 0 Å². The van der Waals surface area contributed by atoms with Crippen LogP contribution in [-0.2, 0) is 4.79 Å². The Hall–Kier alpha value is -1.55. The van der Waals surface area contributed by atoms with Gasteiger partial charge in [0, 0.05) is 30.9 Å². The summed E-state index contributed by atoms with van der Waals surface area (Å²) in [4.78, 5) is 14.0. The summed E-state index contributed by atoms with van der Waals surface area (Å²) in [6, 6.07) is 6.15. The van der Waals surface area contributed by atoms with E-state index >= 15 is 0 Å². The Morgan fingerprint density at radius 3 is 2.53 bits per heavy atom.